The zero-order chi connectivity index (χ0) is 25.2. The summed E-state index contributed by atoms with van der Waals surface area (Å²) < 4.78 is 24.2. The number of rotatable bonds is 7. The van der Waals surface area contributed by atoms with E-state index in [9.17, 15) is 13.2 Å². The Bertz CT molecular complexity index is 1510. The summed E-state index contributed by atoms with van der Waals surface area (Å²) in [7, 11) is -3.44. The van der Waals surface area contributed by atoms with E-state index in [1.807, 2.05) is 31.2 Å². The van der Waals surface area contributed by atoms with E-state index >= 15 is 0 Å². The number of nitrogens with zero attached hydrogens (tertiary/aromatic N) is 3. The van der Waals surface area contributed by atoms with Crippen LogP contribution in [0.4, 0.5) is 0 Å². The fourth-order valence-corrected chi connectivity index (χ4v) is 4.90. The smallest absolute Gasteiger partial charge is 0.251 e. The average molecular weight is 489 g/mol. The second kappa shape index (κ2) is 9.92. The van der Waals surface area contributed by atoms with E-state index in [0.717, 1.165) is 17.5 Å². The Morgan fingerprint density at radius 1 is 0.971 bits per heavy atom. The van der Waals surface area contributed by atoms with Crippen molar-refractivity contribution in [3.8, 4) is 11.3 Å². The highest BCUT2D eigenvalue weighted by atomic mass is 32.2. The highest BCUT2D eigenvalue weighted by molar-refractivity contribution is 7.90. The van der Waals surface area contributed by atoms with E-state index in [2.05, 4.69) is 41.5 Å². The van der Waals surface area contributed by atoms with E-state index < -0.39 is 9.84 Å². The fraction of sp³-hybridized carbons (Fsp3) is 0.259. The number of benzene rings is 2. The number of pyridine rings is 1. The minimum Gasteiger partial charge on any atom is -0.346 e. The van der Waals surface area contributed by atoms with Crippen LogP contribution in [-0.2, 0) is 22.8 Å². The number of amides is 1. The summed E-state index contributed by atoms with van der Waals surface area (Å²) in [6, 6.07) is 18.7. The molecule has 0 saturated heterocycles. The van der Waals surface area contributed by atoms with Crippen molar-refractivity contribution in [2.75, 3.05) is 6.26 Å². The van der Waals surface area contributed by atoms with Gasteiger partial charge in [0, 0.05) is 17.4 Å². The molecule has 0 radical (unpaired) electrons. The van der Waals surface area contributed by atoms with Gasteiger partial charge in [-0.1, -0.05) is 45.0 Å². The molecule has 0 bridgehead atoms. The van der Waals surface area contributed by atoms with Crippen LogP contribution >= 0.6 is 0 Å². The van der Waals surface area contributed by atoms with Gasteiger partial charge in [0.2, 0.25) is 0 Å². The Morgan fingerprint density at radius 2 is 1.77 bits per heavy atom. The molecule has 2 heterocycles. The summed E-state index contributed by atoms with van der Waals surface area (Å²) in [5, 5.41) is 11.2. The maximum Gasteiger partial charge on any atom is 0.251 e. The van der Waals surface area contributed by atoms with Gasteiger partial charge in [0.05, 0.1) is 28.3 Å². The summed E-state index contributed by atoms with van der Waals surface area (Å²) in [5.74, 6) is 0.0369. The summed E-state index contributed by atoms with van der Waals surface area (Å²) in [4.78, 5) is 17.7. The minimum atomic E-state index is -3.44. The third kappa shape index (κ3) is 5.54. The monoisotopic (exact) mass is 488 g/mol. The molecule has 0 aliphatic heterocycles. The van der Waals surface area contributed by atoms with Gasteiger partial charge >= 0.3 is 0 Å². The lowest BCUT2D eigenvalue weighted by molar-refractivity contribution is 0.0950. The van der Waals surface area contributed by atoms with Gasteiger partial charge in [-0.15, -0.1) is 5.10 Å². The Hall–Kier alpha value is -3.65. The molecule has 0 aliphatic rings. The van der Waals surface area contributed by atoms with Gasteiger partial charge < -0.3 is 5.32 Å². The summed E-state index contributed by atoms with van der Waals surface area (Å²) >= 11 is 0. The topological polar surface area (TPSA) is 102 Å². The minimum absolute atomic E-state index is 0.139. The van der Waals surface area contributed by atoms with Crippen LogP contribution in [-0.4, -0.2) is 35.8 Å². The molecular weight excluding hydrogens is 460 g/mol. The first-order valence-corrected chi connectivity index (χ1v) is 13.4. The molecule has 1 N–H and O–H groups in total. The van der Waals surface area contributed by atoms with Crippen LogP contribution in [0.5, 0.6) is 0 Å². The molecule has 0 atom stereocenters. The number of sulfone groups is 1. The van der Waals surface area contributed by atoms with E-state index in [4.69, 9.17) is 4.98 Å². The maximum absolute atomic E-state index is 12.7. The second-order valence-corrected chi connectivity index (χ2v) is 10.8. The molecule has 4 rings (SSSR count). The Labute approximate surface area is 205 Å². The molecule has 4 aromatic rings. The van der Waals surface area contributed by atoms with Gasteiger partial charge in [-0.2, -0.15) is 5.10 Å². The number of aromatic nitrogens is 3. The molecule has 7 nitrogen and oxygen atoms in total. The van der Waals surface area contributed by atoms with Crippen molar-refractivity contribution >= 4 is 26.8 Å². The third-order valence-corrected chi connectivity index (χ3v) is 7.06. The molecule has 1 amide bonds. The van der Waals surface area contributed by atoms with E-state index in [1.54, 1.807) is 18.2 Å². The Balaban J connectivity index is 1.55. The van der Waals surface area contributed by atoms with Crippen molar-refractivity contribution < 1.29 is 13.2 Å². The summed E-state index contributed by atoms with van der Waals surface area (Å²) in [6.45, 7) is 6.33. The third-order valence-electron chi connectivity index (χ3n) is 5.88. The molecule has 8 heteroatoms. The first kappa shape index (κ1) is 24.5. The molecule has 0 fully saturated rings. The van der Waals surface area contributed by atoms with Crippen LogP contribution in [0.1, 0.15) is 53.9 Å². The molecule has 2 aromatic carbocycles. The van der Waals surface area contributed by atoms with Crippen molar-refractivity contribution in [3.63, 3.8) is 0 Å². The van der Waals surface area contributed by atoms with Gasteiger partial charge in [0.15, 0.2) is 9.84 Å². The standard InChI is InChI=1S/C27H28N4O3S/c1-5-18-9-10-21(14-26(18)35(4,33)34)27(32)28-16-22-15-25-24(31-30-22)12-11-23(29-25)20-8-6-7-19(13-20)17(2)3/h6-15,17H,5,16H2,1-4H3,(H,28,32). The lowest BCUT2D eigenvalue weighted by atomic mass is 9.99. The Kier molecular flexibility index (Phi) is 6.93. The predicted molar refractivity (Wildman–Crippen MR) is 137 cm³/mol. The van der Waals surface area contributed by atoms with Crippen LogP contribution in [0.25, 0.3) is 22.3 Å². The lowest BCUT2D eigenvalue weighted by Crippen LogP contribution is -2.24. The summed E-state index contributed by atoms with van der Waals surface area (Å²) in [6.07, 6.45) is 1.71. The quantitative estimate of drug-likeness (QED) is 0.404. The average Bonchev–Trinajstić information content (AvgIpc) is 2.85. The number of aryl methyl sites for hydroxylation is 1. The van der Waals surface area contributed by atoms with Crippen molar-refractivity contribution in [1.29, 1.82) is 0 Å². The van der Waals surface area contributed by atoms with Gasteiger partial charge in [0.1, 0.15) is 5.52 Å². The number of carbonyl (C=O) groups is 1. The lowest BCUT2D eigenvalue weighted by Gasteiger charge is -2.10. The highest BCUT2D eigenvalue weighted by Gasteiger charge is 2.16. The van der Waals surface area contributed by atoms with Gasteiger partial charge in [-0.3, -0.25) is 4.79 Å². The number of carbonyl (C=O) groups excluding carboxylic acids is 1. The molecule has 2 aromatic heterocycles. The van der Waals surface area contributed by atoms with Crippen LogP contribution in [0.15, 0.2) is 65.6 Å². The fourth-order valence-electron chi connectivity index (χ4n) is 3.87. The molecule has 35 heavy (non-hydrogen) atoms. The first-order valence-electron chi connectivity index (χ1n) is 11.5. The van der Waals surface area contributed by atoms with Crippen LogP contribution in [0.2, 0.25) is 0 Å². The van der Waals surface area contributed by atoms with Crippen LogP contribution < -0.4 is 5.32 Å². The highest BCUT2D eigenvalue weighted by Crippen LogP contribution is 2.24. The molecule has 0 saturated carbocycles. The zero-order valence-electron chi connectivity index (χ0n) is 20.2. The van der Waals surface area contributed by atoms with E-state index in [0.29, 0.717) is 34.6 Å². The van der Waals surface area contributed by atoms with Crippen LogP contribution in [0.3, 0.4) is 0 Å². The molecule has 180 valence electrons. The van der Waals surface area contributed by atoms with Gasteiger partial charge in [-0.25, -0.2) is 13.4 Å². The normalized spacial score (nSPS) is 11.7. The van der Waals surface area contributed by atoms with Crippen molar-refractivity contribution in [1.82, 2.24) is 20.5 Å². The number of fused-ring (bicyclic) bond motifs is 1. The van der Waals surface area contributed by atoms with E-state index in [-0.39, 0.29) is 22.9 Å². The molecule has 0 spiro atoms. The SMILES string of the molecule is CCc1ccc(C(=O)NCc2cc3nc(-c4cccc(C(C)C)c4)ccc3nn2)cc1S(C)(=O)=O. The maximum atomic E-state index is 12.7. The molecule has 0 aliphatic carbocycles. The van der Waals surface area contributed by atoms with Crippen molar-refractivity contribution in [2.24, 2.45) is 0 Å². The second-order valence-electron chi connectivity index (χ2n) is 8.85. The van der Waals surface area contributed by atoms with E-state index in [1.165, 1.54) is 11.6 Å². The molecule has 0 unspecified atom stereocenters. The van der Waals surface area contributed by atoms with Gasteiger partial charge in [0.25, 0.3) is 5.91 Å². The number of hydrogen-bond donors (Lipinski definition) is 1. The number of nitrogens with one attached hydrogen (secondary N) is 1. The molecular formula is C27H28N4O3S. The summed E-state index contributed by atoms with van der Waals surface area (Å²) in [5.41, 5.74) is 5.98. The zero-order valence-corrected chi connectivity index (χ0v) is 21.1. The largest absolute Gasteiger partial charge is 0.346 e. The van der Waals surface area contributed by atoms with Crippen LogP contribution in [0, 0.1) is 0 Å². The predicted octanol–water partition coefficient (Wildman–Crippen LogP) is 4.71. The first-order chi connectivity index (χ1) is 16.7. The van der Waals surface area contributed by atoms with Crippen molar-refractivity contribution in [2.45, 2.75) is 44.6 Å². The number of hydrogen-bond acceptors (Lipinski definition) is 6. The van der Waals surface area contributed by atoms with Gasteiger partial charge in [-0.05, 0) is 59.9 Å². The van der Waals surface area contributed by atoms with Crippen molar-refractivity contribution in [3.05, 3.63) is 83.0 Å². The Morgan fingerprint density at radius 3 is 2.49 bits per heavy atom.